The minimum Gasteiger partial charge on any atom is -0.406 e. The highest BCUT2D eigenvalue weighted by atomic mass is 19.4. The Bertz CT molecular complexity index is 1250. The summed E-state index contributed by atoms with van der Waals surface area (Å²) >= 11 is 0. The van der Waals surface area contributed by atoms with Crippen molar-refractivity contribution in [1.82, 2.24) is 20.0 Å². The molecule has 37 heavy (non-hydrogen) atoms. The number of nitrogens with two attached hydrogens (primary N) is 1. The molecule has 2 fully saturated rings. The van der Waals surface area contributed by atoms with Gasteiger partial charge in [-0.3, -0.25) is 5.10 Å². The summed E-state index contributed by atoms with van der Waals surface area (Å²) in [5.41, 5.74) is 8.84. The van der Waals surface area contributed by atoms with Crippen LogP contribution < -0.4 is 10.5 Å². The number of nitrogens with zero attached hydrogens (tertiary/aromatic N) is 3. The molecular weight excluding hydrogens is 490 g/mol. The average molecular weight is 518 g/mol. The summed E-state index contributed by atoms with van der Waals surface area (Å²) in [6.45, 7) is 1.94. The second-order valence-corrected chi connectivity index (χ2v) is 9.65. The molecule has 0 radical (unpaired) electrons. The van der Waals surface area contributed by atoms with Crippen LogP contribution >= 0.6 is 0 Å². The minimum atomic E-state index is -4.77. The number of ether oxygens (including phenoxy) is 1. The summed E-state index contributed by atoms with van der Waals surface area (Å²) in [5, 5.41) is 7.41. The summed E-state index contributed by atoms with van der Waals surface area (Å²) in [6, 6.07) is 13.6. The van der Waals surface area contributed by atoms with Gasteiger partial charge in [0, 0.05) is 55.3 Å². The zero-order valence-electron chi connectivity index (χ0n) is 19.9. The number of nitrogens with one attached hydrogen (secondary N) is 1. The molecule has 2 aromatic carbocycles. The van der Waals surface area contributed by atoms with Gasteiger partial charge in [0.1, 0.15) is 11.6 Å². The van der Waals surface area contributed by atoms with Crippen molar-refractivity contribution in [1.29, 1.82) is 0 Å². The molecule has 3 unspecified atom stereocenters. The van der Waals surface area contributed by atoms with Gasteiger partial charge in [-0.1, -0.05) is 24.3 Å². The summed E-state index contributed by atoms with van der Waals surface area (Å²) in [6.07, 6.45) is -3.38. The first-order chi connectivity index (χ1) is 17.6. The third kappa shape index (κ3) is 5.87. The fourth-order valence-electron chi connectivity index (χ4n) is 5.17. The third-order valence-electron chi connectivity index (χ3n) is 6.96. The van der Waals surface area contributed by atoms with Crippen LogP contribution in [0.4, 0.5) is 22.4 Å². The Morgan fingerprint density at radius 3 is 2.46 bits per heavy atom. The Kier molecular flexibility index (Phi) is 6.80. The second kappa shape index (κ2) is 10.0. The monoisotopic (exact) mass is 517 g/mol. The highest BCUT2D eigenvalue weighted by molar-refractivity contribution is 5.75. The molecule has 196 valence electrons. The van der Waals surface area contributed by atoms with Gasteiger partial charge >= 0.3 is 12.4 Å². The average Bonchev–Trinajstić information content (AvgIpc) is 3.52. The van der Waals surface area contributed by atoms with Gasteiger partial charge in [0.05, 0.1) is 5.69 Å². The molecular formula is C26H27F4N5O2. The number of carbonyl (C=O) groups excluding carboxylic acids is 1. The van der Waals surface area contributed by atoms with Crippen molar-refractivity contribution in [2.24, 2.45) is 5.73 Å². The van der Waals surface area contributed by atoms with Crippen LogP contribution in [-0.2, 0) is 0 Å². The number of hydrogen-bond donors (Lipinski definition) is 2. The number of aromatic amines is 1. The number of hydrogen-bond acceptors (Lipinski definition) is 4. The standard InChI is InChI=1S/C26H27F4N5O2/c27-20-3-1-2-17(11-20)23-12-24(33-32-23)19-10-18(16-4-6-22(7-5-16)37-26(28,29)30)13-35(14-19)25(36)34-9-8-21(31)15-34/h1-7,11-12,18-19,21H,8-10,13-15,31H2,(H,32,33). The molecule has 2 amide bonds. The number of alkyl halides is 3. The predicted octanol–water partition coefficient (Wildman–Crippen LogP) is 4.84. The quantitative estimate of drug-likeness (QED) is 0.485. The van der Waals surface area contributed by atoms with E-state index in [9.17, 15) is 22.4 Å². The van der Waals surface area contributed by atoms with E-state index in [1.54, 1.807) is 34.1 Å². The molecule has 3 N–H and O–H groups in total. The lowest BCUT2D eigenvalue weighted by molar-refractivity contribution is -0.274. The van der Waals surface area contributed by atoms with Crippen molar-refractivity contribution < 1.29 is 27.1 Å². The van der Waals surface area contributed by atoms with Gasteiger partial charge in [0.15, 0.2) is 0 Å². The van der Waals surface area contributed by atoms with Crippen molar-refractivity contribution in [3.05, 3.63) is 71.7 Å². The summed E-state index contributed by atoms with van der Waals surface area (Å²) < 4.78 is 55.5. The van der Waals surface area contributed by atoms with Crippen LogP contribution in [0.15, 0.2) is 54.6 Å². The molecule has 1 aromatic heterocycles. The molecule has 5 rings (SSSR count). The molecule has 7 nitrogen and oxygen atoms in total. The largest absolute Gasteiger partial charge is 0.573 e. The highest BCUT2D eigenvalue weighted by Gasteiger charge is 2.36. The van der Waals surface area contributed by atoms with Gasteiger partial charge in [-0.2, -0.15) is 5.10 Å². The maximum atomic E-state index is 13.7. The van der Waals surface area contributed by atoms with Gasteiger partial charge in [0.2, 0.25) is 0 Å². The first-order valence-corrected chi connectivity index (χ1v) is 12.1. The number of amides is 2. The van der Waals surface area contributed by atoms with Crippen molar-refractivity contribution in [2.45, 2.75) is 37.1 Å². The Morgan fingerprint density at radius 1 is 1.03 bits per heavy atom. The van der Waals surface area contributed by atoms with Crippen molar-refractivity contribution >= 4 is 6.03 Å². The van der Waals surface area contributed by atoms with Crippen LogP contribution in [0, 0.1) is 5.82 Å². The van der Waals surface area contributed by atoms with E-state index >= 15 is 0 Å². The Morgan fingerprint density at radius 2 is 1.78 bits per heavy atom. The highest BCUT2D eigenvalue weighted by Crippen LogP contribution is 2.37. The van der Waals surface area contributed by atoms with Crippen LogP contribution in [0.2, 0.25) is 0 Å². The lowest BCUT2D eigenvalue weighted by atomic mass is 9.83. The fraction of sp³-hybridized carbons (Fsp3) is 0.385. The molecule has 0 saturated carbocycles. The zero-order chi connectivity index (χ0) is 26.2. The van der Waals surface area contributed by atoms with Gasteiger partial charge in [0.25, 0.3) is 0 Å². The van der Waals surface area contributed by atoms with Gasteiger partial charge < -0.3 is 20.3 Å². The summed E-state index contributed by atoms with van der Waals surface area (Å²) in [5.74, 6) is -0.894. The number of aromatic nitrogens is 2. The number of halogens is 4. The molecule has 0 spiro atoms. The fourth-order valence-corrected chi connectivity index (χ4v) is 5.17. The number of likely N-dealkylation sites (tertiary alicyclic amines) is 2. The van der Waals surface area contributed by atoms with Gasteiger partial charge in [-0.25, -0.2) is 9.18 Å². The number of urea groups is 1. The van der Waals surface area contributed by atoms with E-state index < -0.39 is 6.36 Å². The van der Waals surface area contributed by atoms with E-state index in [4.69, 9.17) is 5.73 Å². The van der Waals surface area contributed by atoms with Gasteiger partial charge in [-0.15, -0.1) is 13.2 Å². The van der Waals surface area contributed by atoms with E-state index in [1.807, 2.05) is 6.07 Å². The van der Waals surface area contributed by atoms with Crippen LogP contribution in [0.5, 0.6) is 5.75 Å². The van der Waals surface area contributed by atoms with Crippen molar-refractivity contribution in [2.75, 3.05) is 26.2 Å². The van der Waals surface area contributed by atoms with Crippen LogP contribution in [0.1, 0.15) is 35.9 Å². The number of carbonyl (C=O) groups is 1. The van der Waals surface area contributed by atoms with E-state index in [0.717, 1.165) is 17.7 Å². The van der Waals surface area contributed by atoms with E-state index in [1.165, 1.54) is 24.3 Å². The zero-order valence-corrected chi connectivity index (χ0v) is 19.9. The Labute approximate surface area is 211 Å². The Balaban J connectivity index is 1.40. The van der Waals surface area contributed by atoms with E-state index in [-0.39, 0.29) is 35.5 Å². The lowest BCUT2D eigenvalue weighted by Gasteiger charge is -2.39. The normalized spacial score (nSPS) is 22.4. The van der Waals surface area contributed by atoms with Crippen LogP contribution in [-0.4, -0.2) is 64.6 Å². The first-order valence-electron chi connectivity index (χ1n) is 12.1. The predicted molar refractivity (Wildman–Crippen MR) is 128 cm³/mol. The number of piperidine rings is 1. The number of benzene rings is 2. The number of H-pyrrole nitrogens is 1. The number of rotatable bonds is 4. The minimum absolute atomic E-state index is 0.0528. The smallest absolute Gasteiger partial charge is 0.406 e. The molecule has 3 heterocycles. The lowest BCUT2D eigenvalue weighted by Crippen LogP contribution is -2.48. The van der Waals surface area contributed by atoms with Gasteiger partial charge in [-0.05, 0) is 48.7 Å². The van der Waals surface area contributed by atoms with E-state index in [0.29, 0.717) is 43.9 Å². The summed E-state index contributed by atoms with van der Waals surface area (Å²) in [7, 11) is 0. The molecule has 11 heteroatoms. The summed E-state index contributed by atoms with van der Waals surface area (Å²) in [4.78, 5) is 16.9. The molecule has 0 aliphatic carbocycles. The molecule has 2 aliphatic rings. The van der Waals surface area contributed by atoms with Crippen molar-refractivity contribution in [3.63, 3.8) is 0 Å². The first kappa shape index (κ1) is 25.1. The Hall–Kier alpha value is -3.60. The van der Waals surface area contributed by atoms with E-state index in [2.05, 4.69) is 14.9 Å². The maximum absolute atomic E-state index is 13.7. The molecule has 3 atom stereocenters. The SMILES string of the molecule is NC1CCN(C(=O)N2CC(c3ccc(OC(F)(F)F)cc3)CC(c3cc(-c4cccc(F)c4)n[nH]3)C2)C1. The maximum Gasteiger partial charge on any atom is 0.573 e. The third-order valence-corrected chi connectivity index (χ3v) is 6.96. The van der Waals surface area contributed by atoms with Crippen molar-refractivity contribution in [3.8, 4) is 17.0 Å². The molecule has 2 aliphatic heterocycles. The molecule has 2 saturated heterocycles. The topological polar surface area (TPSA) is 87.5 Å². The van der Waals surface area contributed by atoms with Crippen LogP contribution in [0.25, 0.3) is 11.3 Å². The molecule has 0 bridgehead atoms. The molecule has 3 aromatic rings. The van der Waals surface area contributed by atoms with Crippen LogP contribution in [0.3, 0.4) is 0 Å². The second-order valence-electron chi connectivity index (χ2n) is 9.65.